The van der Waals surface area contributed by atoms with Crippen LogP contribution in [0, 0.1) is 0 Å². The number of piperazine rings is 1. The molecule has 0 aliphatic carbocycles. The fraction of sp³-hybridized carbons (Fsp3) is 0.296. The molecule has 12 heteroatoms. The predicted octanol–water partition coefficient (Wildman–Crippen LogP) is 2.99. The number of anilines is 2. The Hall–Kier alpha value is -4.00. The highest BCUT2D eigenvalue weighted by Gasteiger charge is 2.17. The smallest absolute Gasteiger partial charge is 0.272 e. The van der Waals surface area contributed by atoms with Crippen LogP contribution in [0.4, 0.5) is 11.4 Å². The van der Waals surface area contributed by atoms with Crippen LogP contribution in [0.5, 0.6) is 11.5 Å². The Morgan fingerprint density at radius 1 is 1.18 bits per heavy atom. The Morgan fingerprint density at radius 2 is 2.00 bits per heavy atom. The lowest BCUT2D eigenvalue weighted by molar-refractivity contribution is -0.112. The molecule has 4 N–H and O–H groups in total. The van der Waals surface area contributed by atoms with Crippen molar-refractivity contribution in [1.29, 1.82) is 0 Å². The van der Waals surface area contributed by atoms with Gasteiger partial charge in [0.1, 0.15) is 12.3 Å². The van der Waals surface area contributed by atoms with Crippen LogP contribution in [0.1, 0.15) is 0 Å². The summed E-state index contributed by atoms with van der Waals surface area (Å²) >= 11 is 1.21. The summed E-state index contributed by atoms with van der Waals surface area (Å²) in [4.78, 5) is 19.2. The minimum absolute atomic E-state index is 0.0532. The van der Waals surface area contributed by atoms with E-state index in [0.29, 0.717) is 35.4 Å². The summed E-state index contributed by atoms with van der Waals surface area (Å²) < 4.78 is 17.8. The second-order valence-corrected chi connectivity index (χ2v) is 9.49. The van der Waals surface area contributed by atoms with Gasteiger partial charge in [0.25, 0.3) is 5.91 Å². The quantitative estimate of drug-likeness (QED) is 0.228. The number of nitrogens with two attached hydrogens (primary N) is 1. The zero-order valence-corrected chi connectivity index (χ0v) is 22.9. The van der Waals surface area contributed by atoms with Gasteiger partial charge < -0.3 is 35.5 Å². The molecule has 1 saturated heterocycles. The first-order chi connectivity index (χ1) is 19.0. The number of amides is 1. The zero-order chi connectivity index (χ0) is 27.6. The van der Waals surface area contributed by atoms with E-state index in [9.17, 15) is 4.79 Å². The van der Waals surface area contributed by atoms with Gasteiger partial charge in [0.05, 0.1) is 42.5 Å². The van der Waals surface area contributed by atoms with Crippen LogP contribution in [-0.2, 0) is 9.53 Å². The molecule has 1 aliphatic heterocycles. The molecule has 0 atom stereocenters. The molecule has 1 aromatic carbocycles. The summed E-state index contributed by atoms with van der Waals surface area (Å²) in [5.41, 5.74) is 9.44. The Balaban J connectivity index is 1.38. The highest BCUT2D eigenvalue weighted by molar-refractivity contribution is 8.10. The van der Waals surface area contributed by atoms with Crippen LogP contribution < -0.4 is 30.7 Å². The predicted molar refractivity (Wildman–Crippen MR) is 155 cm³/mol. The summed E-state index contributed by atoms with van der Waals surface area (Å²) in [6.45, 7) is 8.43. The lowest BCUT2D eigenvalue weighted by Gasteiger charge is -2.30. The first kappa shape index (κ1) is 28.0. The van der Waals surface area contributed by atoms with Crippen LogP contribution >= 0.6 is 11.8 Å². The van der Waals surface area contributed by atoms with E-state index in [0.717, 1.165) is 43.0 Å². The van der Waals surface area contributed by atoms with Crippen LogP contribution in [-0.4, -0.2) is 74.3 Å². The molecule has 2 aromatic heterocycles. The second kappa shape index (κ2) is 13.7. The zero-order valence-electron chi connectivity index (χ0n) is 22.1. The van der Waals surface area contributed by atoms with Gasteiger partial charge in [-0.1, -0.05) is 24.4 Å². The van der Waals surface area contributed by atoms with Crippen molar-refractivity contribution in [2.75, 3.05) is 63.8 Å². The minimum Gasteiger partial charge on any atom is -0.493 e. The fourth-order valence-electron chi connectivity index (χ4n) is 3.91. The molecule has 39 heavy (non-hydrogen) atoms. The van der Waals surface area contributed by atoms with Gasteiger partial charge in [-0.25, -0.2) is 4.68 Å². The third-order valence-corrected chi connectivity index (χ3v) is 6.80. The number of nitrogens with one attached hydrogen (secondary N) is 2. The molecular weight excluding hydrogens is 518 g/mol. The van der Waals surface area contributed by atoms with Crippen molar-refractivity contribution in [3.05, 3.63) is 66.7 Å². The maximum absolute atomic E-state index is 12.8. The number of hydrogen-bond donors (Lipinski definition) is 3. The topological polar surface area (TPSA) is 129 Å². The Bertz CT molecular complexity index is 1320. The number of ether oxygens (including phenoxy) is 3. The third kappa shape index (κ3) is 7.31. The van der Waals surface area contributed by atoms with Crippen LogP contribution in [0.25, 0.3) is 16.2 Å². The van der Waals surface area contributed by atoms with E-state index in [2.05, 4.69) is 32.2 Å². The molecule has 1 amide bonds. The molecule has 1 fully saturated rings. The summed E-state index contributed by atoms with van der Waals surface area (Å²) in [5, 5.41) is 12.7. The normalized spacial score (nSPS) is 13.7. The van der Waals surface area contributed by atoms with E-state index in [1.165, 1.54) is 11.8 Å². The first-order valence-electron chi connectivity index (χ1n) is 12.4. The Morgan fingerprint density at radius 3 is 2.77 bits per heavy atom. The van der Waals surface area contributed by atoms with E-state index in [-0.39, 0.29) is 5.70 Å². The number of nitrogens with zero attached hydrogens (tertiary/aromatic N) is 4. The average Bonchev–Trinajstić information content (AvgIpc) is 3.47. The largest absolute Gasteiger partial charge is 0.493 e. The van der Waals surface area contributed by atoms with E-state index < -0.39 is 5.91 Å². The molecule has 0 bridgehead atoms. The highest BCUT2D eigenvalue weighted by Crippen LogP contribution is 2.33. The summed E-state index contributed by atoms with van der Waals surface area (Å²) in [6.07, 6.45) is 6.92. The lowest BCUT2D eigenvalue weighted by Crippen LogP contribution is -2.43. The number of pyridine rings is 1. The second-order valence-electron chi connectivity index (χ2n) is 8.55. The van der Waals surface area contributed by atoms with Crippen molar-refractivity contribution >= 4 is 34.1 Å². The monoisotopic (exact) mass is 551 g/mol. The van der Waals surface area contributed by atoms with Crippen molar-refractivity contribution in [2.24, 2.45) is 5.73 Å². The van der Waals surface area contributed by atoms with Gasteiger partial charge >= 0.3 is 0 Å². The number of aromatic nitrogens is 3. The number of carbonyl (C=O) groups excluding carboxylic acids is 1. The van der Waals surface area contributed by atoms with Crippen molar-refractivity contribution in [1.82, 2.24) is 20.1 Å². The van der Waals surface area contributed by atoms with E-state index in [1.807, 2.05) is 30.5 Å². The van der Waals surface area contributed by atoms with Crippen LogP contribution in [0.15, 0.2) is 66.7 Å². The van der Waals surface area contributed by atoms with Crippen molar-refractivity contribution in [3.8, 4) is 22.6 Å². The fourth-order valence-corrected chi connectivity index (χ4v) is 4.49. The van der Waals surface area contributed by atoms with Crippen LogP contribution in [0.2, 0.25) is 0 Å². The van der Waals surface area contributed by atoms with Crippen molar-refractivity contribution < 1.29 is 19.0 Å². The number of hydrogen-bond acceptors (Lipinski definition) is 10. The molecule has 0 unspecified atom stereocenters. The number of benzene rings is 1. The van der Waals surface area contributed by atoms with Crippen molar-refractivity contribution in [2.45, 2.75) is 0 Å². The van der Waals surface area contributed by atoms with Gasteiger partial charge in [-0.3, -0.25) is 9.78 Å². The Labute approximate surface area is 232 Å². The number of methoxy groups -OCH3 is 2. The maximum atomic E-state index is 12.8. The lowest BCUT2D eigenvalue weighted by atomic mass is 10.1. The van der Waals surface area contributed by atoms with E-state index in [4.69, 9.17) is 19.9 Å². The summed E-state index contributed by atoms with van der Waals surface area (Å²) in [6, 6.07) is 7.55. The average molecular weight is 552 g/mol. The molecule has 11 nitrogen and oxygen atoms in total. The molecule has 4 rings (SSSR count). The van der Waals surface area contributed by atoms with Gasteiger partial charge in [-0.2, -0.15) is 5.10 Å². The highest BCUT2D eigenvalue weighted by atomic mass is 32.2. The SMILES string of the molecule is C=C(S/C=C(\N)C(=O)Nc1cnccc1N1CCNCC1)n1cc(-c2ccc(OCCOC)c(OC)c2)cn1. The molecular formula is C27H33N7O4S. The molecule has 3 heterocycles. The number of rotatable bonds is 12. The van der Waals surface area contributed by atoms with Crippen molar-refractivity contribution in [3.63, 3.8) is 0 Å². The van der Waals surface area contributed by atoms with Crippen LogP contribution in [0.3, 0.4) is 0 Å². The first-order valence-corrected chi connectivity index (χ1v) is 13.3. The number of thioether (sulfide) groups is 1. The van der Waals surface area contributed by atoms with E-state index >= 15 is 0 Å². The molecule has 1 aliphatic rings. The van der Waals surface area contributed by atoms with Gasteiger partial charge in [0.2, 0.25) is 0 Å². The van der Waals surface area contributed by atoms with Gasteiger partial charge in [0, 0.05) is 56.7 Å². The molecule has 0 radical (unpaired) electrons. The third-order valence-electron chi connectivity index (χ3n) is 5.97. The Kier molecular flexibility index (Phi) is 9.84. The molecule has 3 aromatic rings. The molecule has 0 saturated carbocycles. The van der Waals surface area contributed by atoms with Gasteiger partial charge in [-0.15, -0.1) is 0 Å². The van der Waals surface area contributed by atoms with Gasteiger partial charge in [0.15, 0.2) is 11.5 Å². The number of carbonyl (C=O) groups is 1. The maximum Gasteiger partial charge on any atom is 0.272 e. The summed E-state index contributed by atoms with van der Waals surface area (Å²) in [5.74, 6) is 0.830. The van der Waals surface area contributed by atoms with E-state index in [1.54, 1.807) is 42.9 Å². The van der Waals surface area contributed by atoms with Gasteiger partial charge in [-0.05, 0) is 23.8 Å². The molecule has 0 spiro atoms. The standard InChI is InChI=1S/C27H33N7O4S/c1-19(34-17-21(15-31-34)20-4-5-25(26(14-20)37-3)38-13-12-36-2)39-18-22(28)27(35)32-23-16-30-7-6-24(23)33-10-8-29-9-11-33/h4-7,14-18,29H,1,8-13,28H2,2-3H3,(H,32,35)/b22-18-. The molecule has 206 valence electrons. The minimum atomic E-state index is -0.416. The summed E-state index contributed by atoms with van der Waals surface area (Å²) in [7, 11) is 3.22.